The van der Waals surface area contributed by atoms with Crippen molar-refractivity contribution in [2.24, 2.45) is 5.73 Å². The van der Waals surface area contributed by atoms with Crippen LogP contribution in [0.25, 0.3) is 0 Å². The molecule has 2 rings (SSSR count). The average molecular weight is 239 g/mol. The van der Waals surface area contributed by atoms with Crippen LogP contribution in [0.2, 0.25) is 0 Å². The molecule has 0 unspecified atom stereocenters. The fraction of sp³-hybridized carbons (Fsp3) is 0.294. The van der Waals surface area contributed by atoms with Gasteiger partial charge in [0.25, 0.3) is 0 Å². The summed E-state index contributed by atoms with van der Waals surface area (Å²) in [5.41, 5.74) is 12.7. The highest BCUT2D eigenvalue weighted by atomic mass is 14.6. The van der Waals surface area contributed by atoms with Crippen LogP contribution < -0.4 is 5.73 Å². The highest BCUT2D eigenvalue weighted by molar-refractivity contribution is 5.33. The summed E-state index contributed by atoms with van der Waals surface area (Å²) in [7, 11) is 0. The topological polar surface area (TPSA) is 26.0 Å². The van der Waals surface area contributed by atoms with E-state index in [2.05, 4.69) is 63.2 Å². The lowest BCUT2D eigenvalue weighted by Gasteiger charge is -2.14. The first kappa shape index (κ1) is 12.8. The molecule has 2 aromatic rings. The molecule has 0 aliphatic carbocycles. The molecule has 0 saturated carbocycles. The molecule has 0 aliphatic heterocycles. The van der Waals surface area contributed by atoms with Crippen molar-refractivity contribution >= 4 is 0 Å². The lowest BCUT2D eigenvalue weighted by atomic mass is 9.96. The Balaban J connectivity index is 2.13. The molecule has 18 heavy (non-hydrogen) atoms. The van der Waals surface area contributed by atoms with E-state index in [1.54, 1.807) is 0 Å². The van der Waals surface area contributed by atoms with Gasteiger partial charge in [-0.15, -0.1) is 0 Å². The zero-order valence-electron chi connectivity index (χ0n) is 11.4. The molecule has 2 N–H and O–H groups in total. The van der Waals surface area contributed by atoms with Crippen molar-refractivity contribution < 1.29 is 0 Å². The Bertz CT molecular complexity index is 526. The fourth-order valence-electron chi connectivity index (χ4n) is 2.09. The minimum Gasteiger partial charge on any atom is -0.324 e. The normalized spacial score (nSPS) is 12.4. The van der Waals surface area contributed by atoms with E-state index in [0.29, 0.717) is 0 Å². The quantitative estimate of drug-likeness (QED) is 0.865. The van der Waals surface area contributed by atoms with Crippen LogP contribution in [0.3, 0.4) is 0 Å². The van der Waals surface area contributed by atoms with Gasteiger partial charge in [-0.05, 0) is 49.4 Å². The molecular formula is C17H21N. The zero-order valence-corrected chi connectivity index (χ0v) is 11.4. The molecule has 0 radical (unpaired) electrons. The molecule has 2 aromatic carbocycles. The van der Waals surface area contributed by atoms with Crippen LogP contribution in [0.5, 0.6) is 0 Å². The van der Waals surface area contributed by atoms with Gasteiger partial charge < -0.3 is 5.73 Å². The molecule has 0 amide bonds. The fourth-order valence-corrected chi connectivity index (χ4v) is 2.09. The summed E-state index contributed by atoms with van der Waals surface area (Å²) in [4.78, 5) is 0. The van der Waals surface area contributed by atoms with Gasteiger partial charge in [0.1, 0.15) is 0 Å². The van der Waals surface area contributed by atoms with E-state index in [-0.39, 0.29) is 6.04 Å². The smallest absolute Gasteiger partial charge is 0.0335 e. The van der Waals surface area contributed by atoms with Crippen LogP contribution in [0.15, 0.2) is 42.5 Å². The molecule has 1 nitrogen and oxygen atoms in total. The van der Waals surface area contributed by atoms with Gasteiger partial charge in [0.2, 0.25) is 0 Å². The number of benzene rings is 2. The molecule has 1 heteroatoms. The minimum atomic E-state index is 0.0759. The third-order valence-electron chi connectivity index (χ3n) is 3.54. The maximum Gasteiger partial charge on any atom is 0.0335 e. The average Bonchev–Trinajstić information content (AvgIpc) is 2.35. The summed E-state index contributed by atoms with van der Waals surface area (Å²) < 4.78 is 0. The van der Waals surface area contributed by atoms with Crippen molar-refractivity contribution in [1.29, 1.82) is 0 Å². The summed E-state index contributed by atoms with van der Waals surface area (Å²) >= 11 is 0. The van der Waals surface area contributed by atoms with E-state index in [4.69, 9.17) is 5.73 Å². The van der Waals surface area contributed by atoms with E-state index in [9.17, 15) is 0 Å². The number of rotatable bonds is 3. The van der Waals surface area contributed by atoms with Crippen LogP contribution in [-0.2, 0) is 6.42 Å². The van der Waals surface area contributed by atoms with Gasteiger partial charge >= 0.3 is 0 Å². The molecular weight excluding hydrogens is 218 g/mol. The molecule has 1 atom stereocenters. The molecule has 0 aromatic heterocycles. The molecule has 94 valence electrons. The lowest BCUT2D eigenvalue weighted by Crippen LogP contribution is -2.13. The van der Waals surface area contributed by atoms with Gasteiger partial charge in [0, 0.05) is 6.04 Å². The molecule has 0 spiro atoms. The second-order valence-corrected chi connectivity index (χ2v) is 5.14. The number of aryl methyl sites for hydroxylation is 3. The van der Waals surface area contributed by atoms with Gasteiger partial charge in [-0.2, -0.15) is 0 Å². The van der Waals surface area contributed by atoms with E-state index in [1.807, 2.05) is 0 Å². The Labute approximate surface area is 110 Å². The predicted octanol–water partition coefficient (Wildman–Crippen LogP) is 3.85. The molecule has 0 heterocycles. The van der Waals surface area contributed by atoms with Crippen LogP contribution in [-0.4, -0.2) is 0 Å². The monoisotopic (exact) mass is 239 g/mol. The SMILES string of the molecule is Cc1ccc(C[C@@H](N)c2ccc(C)c(C)c2)cc1. The molecule has 0 aliphatic rings. The van der Waals surface area contributed by atoms with Crippen molar-refractivity contribution in [3.63, 3.8) is 0 Å². The van der Waals surface area contributed by atoms with E-state index < -0.39 is 0 Å². The predicted molar refractivity (Wildman–Crippen MR) is 77.7 cm³/mol. The number of hydrogen-bond donors (Lipinski definition) is 1. The van der Waals surface area contributed by atoms with Crippen LogP contribution in [0.4, 0.5) is 0 Å². The van der Waals surface area contributed by atoms with Crippen LogP contribution in [0, 0.1) is 20.8 Å². The van der Waals surface area contributed by atoms with Gasteiger partial charge in [0.15, 0.2) is 0 Å². The van der Waals surface area contributed by atoms with Crippen LogP contribution >= 0.6 is 0 Å². The minimum absolute atomic E-state index is 0.0759. The van der Waals surface area contributed by atoms with Gasteiger partial charge in [-0.3, -0.25) is 0 Å². The molecule has 0 bridgehead atoms. The van der Waals surface area contributed by atoms with Crippen LogP contribution in [0.1, 0.15) is 33.9 Å². The molecule has 0 fully saturated rings. The Kier molecular flexibility index (Phi) is 3.83. The highest BCUT2D eigenvalue weighted by Gasteiger charge is 2.07. The maximum atomic E-state index is 6.28. The van der Waals surface area contributed by atoms with Gasteiger partial charge in [-0.25, -0.2) is 0 Å². The van der Waals surface area contributed by atoms with Crippen molar-refractivity contribution in [2.45, 2.75) is 33.2 Å². The largest absolute Gasteiger partial charge is 0.324 e. The van der Waals surface area contributed by atoms with E-state index in [0.717, 1.165) is 6.42 Å². The Morgan fingerprint density at radius 1 is 0.889 bits per heavy atom. The number of hydrogen-bond acceptors (Lipinski definition) is 1. The van der Waals surface area contributed by atoms with Crippen molar-refractivity contribution in [3.05, 3.63) is 70.3 Å². The molecule has 0 saturated heterocycles. The summed E-state index contributed by atoms with van der Waals surface area (Å²) in [6, 6.07) is 15.2. The third-order valence-corrected chi connectivity index (χ3v) is 3.54. The first-order valence-corrected chi connectivity index (χ1v) is 6.44. The highest BCUT2D eigenvalue weighted by Crippen LogP contribution is 2.19. The first-order valence-electron chi connectivity index (χ1n) is 6.44. The summed E-state index contributed by atoms with van der Waals surface area (Å²) in [6.07, 6.45) is 0.892. The second-order valence-electron chi connectivity index (χ2n) is 5.14. The van der Waals surface area contributed by atoms with E-state index >= 15 is 0 Å². The zero-order chi connectivity index (χ0) is 13.1. The van der Waals surface area contributed by atoms with Gasteiger partial charge in [0.05, 0.1) is 0 Å². The Morgan fingerprint density at radius 3 is 2.17 bits per heavy atom. The summed E-state index contributed by atoms with van der Waals surface area (Å²) in [6.45, 7) is 6.37. The number of nitrogens with two attached hydrogens (primary N) is 1. The maximum absolute atomic E-state index is 6.28. The standard InChI is InChI=1S/C17H21N/c1-12-4-7-15(8-5-12)11-17(18)16-9-6-13(2)14(3)10-16/h4-10,17H,11,18H2,1-3H3/t17-/m1/s1. The van der Waals surface area contributed by atoms with Crippen molar-refractivity contribution in [2.75, 3.05) is 0 Å². The summed E-state index contributed by atoms with van der Waals surface area (Å²) in [5, 5.41) is 0. The van der Waals surface area contributed by atoms with E-state index in [1.165, 1.54) is 27.8 Å². The third kappa shape index (κ3) is 2.99. The Hall–Kier alpha value is -1.60. The summed E-state index contributed by atoms with van der Waals surface area (Å²) in [5.74, 6) is 0. The van der Waals surface area contributed by atoms with Crippen molar-refractivity contribution in [1.82, 2.24) is 0 Å². The Morgan fingerprint density at radius 2 is 1.56 bits per heavy atom. The van der Waals surface area contributed by atoms with Gasteiger partial charge in [-0.1, -0.05) is 48.0 Å². The van der Waals surface area contributed by atoms with Crippen molar-refractivity contribution in [3.8, 4) is 0 Å². The lowest BCUT2D eigenvalue weighted by molar-refractivity contribution is 0.720. The first-order chi connectivity index (χ1) is 8.56. The second kappa shape index (κ2) is 5.36.